The number of halogens is 4. The minimum atomic E-state index is -4.49. The van der Waals surface area contributed by atoms with Gasteiger partial charge in [0.2, 0.25) is 0 Å². The maximum Gasteiger partial charge on any atom is 0.408 e. The normalized spacial score (nSPS) is 13.2. The molecule has 1 atom stereocenters. The highest BCUT2D eigenvalue weighted by Gasteiger charge is 2.29. The second-order valence-electron chi connectivity index (χ2n) is 4.54. The Labute approximate surface area is 128 Å². The monoisotopic (exact) mass is 371 g/mol. The first-order valence-corrected chi connectivity index (χ1v) is 7.15. The van der Waals surface area contributed by atoms with Crippen LogP contribution in [0.2, 0.25) is 0 Å². The summed E-state index contributed by atoms with van der Waals surface area (Å²) in [5.74, 6) is 0. The zero-order valence-corrected chi connectivity index (χ0v) is 13.3. The number of rotatable bonds is 7. The van der Waals surface area contributed by atoms with E-state index in [-0.39, 0.29) is 10.5 Å². The fraction of sp³-hybridized carbons (Fsp3) is 0.667. The Kier molecular flexibility index (Phi) is 6.66. The van der Waals surface area contributed by atoms with Crippen LogP contribution in [-0.4, -0.2) is 35.7 Å². The standard InChI is InChI=1S/C12H17BrF3N3O2/c1-3-4-8(6-21-2)18-9-5-17-19(7-12(14,15)16)11(20)10(9)13/h5,8,18H,3-4,6-7H2,1-2H3. The molecule has 0 aliphatic heterocycles. The number of aromatic nitrogens is 2. The van der Waals surface area contributed by atoms with Gasteiger partial charge < -0.3 is 10.1 Å². The van der Waals surface area contributed by atoms with Crippen LogP contribution in [0.3, 0.4) is 0 Å². The van der Waals surface area contributed by atoms with Crippen molar-refractivity contribution >= 4 is 21.6 Å². The second kappa shape index (κ2) is 7.79. The topological polar surface area (TPSA) is 56.1 Å². The van der Waals surface area contributed by atoms with E-state index in [0.717, 1.165) is 12.8 Å². The molecule has 0 saturated heterocycles. The van der Waals surface area contributed by atoms with Gasteiger partial charge in [0.15, 0.2) is 0 Å². The Balaban J connectivity index is 2.95. The van der Waals surface area contributed by atoms with E-state index in [4.69, 9.17) is 4.74 Å². The van der Waals surface area contributed by atoms with E-state index < -0.39 is 18.3 Å². The second-order valence-corrected chi connectivity index (χ2v) is 5.33. The molecule has 0 amide bonds. The van der Waals surface area contributed by atoms with Gasteiger partial charge in [0.05, 0.1) is 18.5 Å². The average molecular weight is 372 g/mol. The van der Waals surface area contributed by atoms with Gasteiger partial charge in [0.25, 0.3) is 5.56 Å². The molecule has 0 saturated carbocycles. The fourth-order valence-electron chi connectivity index (χ4n) is 1.81. The maximum absolute atomic E-state index is 12.3. The molecule has 5 nitrogen and oxygen atoms in total. The molecule has 120 valence electrons. The molecule has 0 aliphatic carbocycles. The first-order valence-electron chi connectivity index (χ1n) is 6.36. The average Bonchev–Trinajstić information content (AvgIpc) is 2.37. The minimum absolute atomic E-state index is 0.0268. The van der Waals surface area contributed by atoms with Crippen molar-refractivity contribution in [2.24, 2.45) is 0 Å². The van der Waals surface area contributed by atoms with Crippen LogP contribution in [0.4, 0.5) is 18.9 Å². The molecule has 1 aromatic rings. The number of ether oxygens (including phenoxy) is 1. The summed E-state index contributed by atoms with van der Waals surface area (Å²) in [6, 6.07) is -0.0454. The number of hydrogen-bond acceptors (Lipinski definition) is 4. The molecule has 0 fully saturated rings. The predicted octanol–water partition coefficient (Wildman–Crippen LogP) is 2.80. The lowest BCUT2D eigenvalue weighted by molar-refractivity contribution is -0.143. The third kappa shape index (κ3) is 5.66. The predicted molar refractivity (Wildman–Crippen MR) is 76.4 cm³/mol. The largest absolute Gasteiger partial charge is 0.408 e. The molecule has 0 spiro atoms. The Morgan fingerprint density at radius 1 is 1.52 bits per heavy atom. The highest BCUT2D eigenvalue weighted by atomic mass is 79.9. The number of nitrogens with one attached hydrogen (secondary N) is 1. The fourth-order valence-corrected chi connectivity index (χ4v) is 2.24. The lowest BCUT2D eigenvalue weighted by Gasteiger charge is -2.19. The van der Waals surface area contributed by atoms with Crippen LogP contribution < -0.4 is 10.9 Å². The van der Waals surface area contributed by atoms with Crippen molar-refractivity contribution in [2.45, 2.75) is 38.5 Å². The van der Waals surface area contributed by atoms with Gasteiger partial charge in [-0.1, -0.05) is 13.3 Å². The summed E-state index contributed by atoms with van der Waals surface area (Å²) in [5.41, 5.74) is -0.473. The van der Waals surface area contributed by atoms with Crippen LogP contribution in [0.5, 0.6) is 0 Å². The molecular formula is C12H17BrF3N3O2. The quantitative estimate of drug-likeness (QED) is 0.800. The van der Waals surface area contributed by atoms with Crippen molar-refractivity contribution in [3.05, 3.63) is 21.0 Å². The van der Waals surface area contributed by atoms with Gasteiger partial charge in [-0.2, -0.15) is 18.3 Å². The number of anilines is 1. The molecule has 0 radical (unpaired) electrons. The van der Waals surface area contributed by atoms with Crippen LogP contribution in [0.25, 0.3) is 0 Å². The number of hydrogen-bond donors (Lipinski definition) is 1. The maximum atomic E-state index is 12.3. The van der Waals surface area contributed by atoms with E-state index in [9.17, 15) is 18.0 Å². The molecule has 1 unspecified atom stereocenters. The van der Waals surface area contributed by atoms with E-state index in [0.29, 0.717) is 17.0 Å². The summed E-state index contributed by atoms with van der Waals surface area (Å²) in [6.07, 6.45) is -1.59. The number of alkyl halides is 3. The summed E-state index contributed by atoms with van der Waals surface area (Å²) >= 11 is 3.03. The van der Waals surface area contributed by atoms with Gasteiger partial charge in [-0.25, -0.2) is 4.68 Å². The van der Waals surface area contributed by atoms with Gasteiger partial charge in [0, 0.05) is 13.2 Å². The van der Waals surface area contributed by atoms with Crippen molar-refractivity contribution in [3.63, 3.8) is 0 Å². The Morgan fingerprint density at radius 3 is 2.71 bits per heavy atom. The summed E-state index contributed by atoms with van der Waals surface area (Å²) in [4.78, 5) is 11.8. The smallest absolute Gasteiger partial charge is 0.383 e. The van der Waals surface area contributed by atoms with E-state index in [1.165, 1.54) is 6.20 Å². The van der Waals surface area contributed by atoms with E-state index in [1.54, 1.807) is 7.11 Å². The molecule has 1 N–H and O–H groups in total. The first-order chi connectivity index (χ1) is 9.78. The van der Waals surface area contributed by atoms with Crippen molar-refractivity contribution in [1.82, 2.24) is 9.78 Å². The Morgan fingerprint density at radius 2 is 2.19 bits per heavy atom. The van der Waals surface area contributed by atoms with E-state index >= 15 is 0 Å². The summed E-state index contributed by atoms with van der Waals surface area (Å²) in [6.45, 7) is 1.01. The van der Waals surface area contributed by atoms with Crippen molar-refractivity contribution in [2.75, 3.05) is 19.0 Å². The Bertz CT molecular complexity index is 513. The summed E-state index contributed by atoms with van der Waals surface area (Å²) < 4.78 is 42.4. The van der Waals surface area contributed by atoms with Crippen molar-refractivity contribution < 1.29 is 17.9 Å². The molecule has 9 heteroatoms. The summed E-state index contributed by atoms with van der Waals surface area (Å²) in [7, 11) is 1.55. The highest BCUT2D eigenvalue weighted by Crippen LogP contribution is 2.20. The van der Waals surface area contributed by atoms with Crippen LogP contribution >= 0.6 is 15.9 Å². The third-order valence-corrected chi connectivity index (χ3v) is 3.44. The van der Waals surface area contributed by atoms with Gasteiger partial charge in [-0.05, 0) is 22.4 Å². The number of nitrogens with zero attached hydrogens (tertiary/aromatic N) is 2. The lowest BCUT2D eigenvalue weighted by Crippen LogP contribution is -2.32. The Hall–Kier alpha value is -1.09. The molecule has 1 rings (SSSR count). The molecule has 0 bridgehead atoms. The molecule has 0 aliphatic rings. The molecule has 21 heavy (non-hydrogen) atoms. The molecule has 0 aromatic carbocycles. The molecule has 1 aromatic heterocycles. The SMILES string of the molecule is CCCC(COC)Nc1cnn(CC(F)(F)F)c(=O)c1Br. The van der Waals surface area contributed by atoms with Crippen LogP contribution in [0.1, 0.15) is 19.8 Å². The van der Waals surface area contributed by atoms with Gasteiger partial charge in [0.1, 0.15) is 11.0 Å². The summed E-state index contributed by atoms with van der Waals surface area (Å²) in [5, 5.41) is 6.60. The zero-order chi connectivity index (χ0) is 16.0. The highest BCUT2D eigenvalue weighted by molar-refractivity contribution is 9.10. The number of methoxy groups -OCH3 is 1. The van der Waals surface area contributed by atoms with Gasteiger partial charge >= 0.3 is 6.18 Å². The van der Waals surface area contributed by atoms with E-state index in [2.05, 4.69) is 26.3 Å². The zero-order valence-electron chi connectivity index (χ0n) is 11.7. The van der Waals surface area contributed by atoms with Gasteiger partial charge in [-0.15, -0.1) is 0 Å². The van der Waals surface area contributed by atoms with Crippen LogP contribution in [0.15, 0.2) is 15.5 Å². The van der Waals surface area contributed by atoms with Crippen molar-refractivity contribution in [1.29, 1.82) is 0 Å². The van der Waals surface area contributed by atoms with Crippen LogP contribution in [-0.2, 0) is 11.3 Å². The lowest BCUT2D eigenvalue weighted by atomic mass is 10.2. The van der Waals surface area contributed by atoms with Crippen molar-refractivity contribution in [3.8, 4) is 0 Å². The van der Waals surface area contributed by atoms with Crippen LogP contribution in [0, 0.1) is 0 Å². The van der Waals surface area contributed by atoms with Gasteiger partial charge in [-0.3, -0.25) is 4.79 Å². The first kappa shape index (κ1) is 18.0. The molecule has 1 heterocycles. The third-order valence-electron chi connectivity index (χ3n) is 2.68. The molecular weight excluding hydrogens is 355 g/mol. The minimum Gasteiger partial charge on any atom is -0.383 e. The van der Waals surface area contributed by atoms with E-state index in [1.807, 2.05) is 6.92 Å².